The number of anilines is 1. The first-order chi connectivity index (χ1) is 13.7. The largest absolute Gasteiger partial charge is 0.444 e. The number of hydrogen-bond acceptors (Lipinski definition) is 6. The van der Waals surface area contributed by atoms with Crippen LogP contribution in [0.2, 0.25) is 0 Å². The third kappa shape index (κ3) is 11.2. The second kappa shape index (κ2) is 12.9. The summed E-state index contributed by atoms with van der Waals surface area (Å²) in [5.41, 5.74) is 3.63. The highest BCUT2D eigenvalue weighted by molar-refractivity contribution is 5.94. The Kier molecular flexibility index (Phi) is 11.0. The number of nitrogens with one attached hydrogen (secondary N) is 3. The number of aliphatic hydroxyl groups is 1. The van der Waals surface area contributed by atoms with E-state index in [1.807, 2.05) is 20.8 Å². The molecule has 0 unspecified atom stereocenters. The van der Waals surface area contributed by atoms with Gasteiger partial charge in [-0.3, -0.25) is 9.63 Å². The molecule has 0 spiro atoms. The molecule has 8 nitrogen and oxygen atoms in total. The first-order valence-corrected chi connectivity index (χ1v) is 9.71. The average Bonchev–Trinajstić information content (AvgIpc) is 2.65. The van der Waals surface area contributed by atoms with Crippen LogP contribution in [-0.4, -0.2) is 41.9 Å². The highest BCUT2D eigenvalue weighted by Gasteiger charge is 2.19. The molecule has 1 aromatic rings. The van der Waals surface area contributed by atoms with Gasteiger partial charge in [0, 0.05) is 12.2 Å². The number of unbranched alkanes of at least 4 members (excludes halogenated alkanes) is 1. The zero-order chi connectivity index (χ0) is 21.7. The van der Waals surface area contributed by atoms with Crippen molar-refractivity contribution in [3.63, 3.8) is 0 Å². The topological polar surface area (TPSA) is 109 Å². The van der Waals surface area contributed by atoms with Gasteiger partial charge in [0.25, 0.3) is 0 Å². The lowest BCUT2D eigenvalue weighted by molar-refractivity contribution is -0.122. The first-order valence-electron chi connectivity index (χ1n) is 9.71. The predicted octanol–water partition coefficient (Wildman–Crippen LogP) is 2.89. The number of hydroxylamine groups is 1. The van der Waals surface area contributed by atoms with Crippen LogP contribution in [-0.2, 0) is 21.0 Å². The molecule has 0 radical (unpaired) electrons. The van der Waals surface area contributed by atoms with Gasteiger partial charge in [-0.25, -0.2) is 4.79 Å². The van der Waals surface area contributed by atoms with Crippen LogP contribution in [0, 0.1) is 0 Å². The minimum atomic E-state index is -0.561. The van der Waals surface area contributed by atoms with Crippen LogP contribution < -0.4 is 16.1 Å². The number of aliphatic hydroxyl groups excluding tert-OH is 1. The van der Waals surface area contributed by atoms with Crippen LogP contribution in [0.4, 0.5) is 10.5 Å². The number of carbonyl (C=O) groups is 2. The van der Waals surface area contributed by atoms with Crippen molar-refractivity contribution in [2.24, 2.45) is 0 Å². The van der Waals surface area contributed by atoms with Gasteiger partial charge in [-0.1, -0.05) is 18.2 Å². The van der Waals surface area contributed by atoms with Crippen LogP contribution >= 0.6 is 0 Å². The van der Waals surface area contributed by atoms with Gasteiger partial charge in [0.05, 0.1) is 13.2 Å². The Balaban J connectivity index is 2.46. The molecule has 8 heteroatoms. The summed E-state index contributed by atoms with van der Waals surface area (Å²) in [4.78, 5) is 29.4. The molecule has 0 aliphatic heterocycles. The van der Waals surface area contributed by atoms with E-state index >= 15 is 0 Å². The molecule has 0 saturated heterocycles. The molecule has 0 fully saturated rings. The second-order valence-electron chi connectivity index (χ2n) is 7.54. The first kappa shape index (κ1) is 24.6. The van der Waals surface area contributed by atoms with E-state index < -0.39 is 17.7 Å². The molecule has 4 N–H and O–H groups in total. The number of alkyl carbamates (subject to hydrolysis) is 1. The van der Waals surface area contributed by atoms with Crippen molar-refractivity contribution in [1.82, 2.24) is 10.8 Å². The standard InChI is InChI=1S/C21H33N3O5/c1-5-14-28-24-18(8-6-7-13-22-20(27)29-21(2,3)4)19(26)23-17-11-9-16(15-25)10-12-17/h5,9-12,18,24-25H,1,6-8,13-15H2,2-4H3,(H,22,27)(H,23,26)/t18-/m0/s1. The van der Waals surface area contributed by atoms with Gasteiger partial charge < -0.3 is 20.5 Å². The summed E-state index contributed by atoms with van der Waals surface area (Å²) in [6.45, 7) is 9.68. The highest BCUT2D eigenvalue weighted by atomic mass is 16.6. The van der Waals surface area contributed by atoms with Crippen LogP contribution in [0.15, 0.2) is 36.9 Å². The Hall–Kier alpha value is -2.42. The minimum Gasteiger partial charge on any atom is -0.444 e. The van der Waals surface area contributed by atoms with Crippen molar-refractivity contribution in [3.8, 4) is 0 Å². The predicted molar refractivity (Wildman–Crippen MR) is 112 cm³/mol. The molecule has 1 rings (SSSR count). The fourth-order valence-electron chi connectivity index (χ4n) is 2.35. The summed E-state index contributed by atoms with van der Waals surface area (Å²) in [7, 11) is 0. The van der Waals surface area contributed by atoms with Crippen LogP contribution in [0.3, 0.4) is 0 Å². The summed E-state index contributed by atoms with van der Waals surface area (Å²) in [6.07, 6.45) is 3.04. The van der Waals surface area contributed by atoms with Gasteiger partial charge in [0.1, 0.15) is 11.6 Å². The van der Waals surface area contributed by atoms with E-state index in [9.17, 15) is 9.59 Å². The molecule has 2 amide bonds. The molecule has 0 aromatic heterocycles. The monoisotopic (exact) mass is 407 g/mol. The third-order valence-electron chi connectivity index (χ3n) is 3.74. The molecule has 0 aliphatic rings. The van der Waals surface area contributed by atoms with Crippen molar-refractivity contribution in [2.75, 3.05) is 18.5 Å². The van der Waals surface area contributed by atoms with E-state index in [2.05, 4.69) is 22.7 Å². The molecule has 0 aliphatic carbocycles. The zero-order valence-corrected chi connectivity index (χ0v) is 17.5. The fourth-order valence-corrected chi connectivity index (χ4v) is 2.35. The summed E-state index contributed by atoms with van der Waals surface area (Å²) >= 11 is 0. The molecule has 0 saturated carbocycles. The Bertz CT molecular complexity index is 641. The molecular formula is C21H33N3O5. The van der Waals surface area contributed by atoms with E-state index in [0.29, 0.717) is 31.5 Å². The number of hydrogen-bond donors (Lipinski definition) is 4. The maximum absolute atomic E-state index is 12.6. The van der Waals surface area contributed by atoms with Crippen LogP contribution in [0.5, 0.6) is 0 Å². The van der Waals surface area contributed by atoms with Crippen molar-refractivity contribution < 1.29 is 24.3 Å². The van der Waals surface area contributed by atoms with Gasteiger partial charge in [-0.05, 0) is 57.7 Å². The lowest BCUT2D eigenvalue weighted by atomic mass is 10.1. The summed E-state index contributed by atoms with van der Waals surface area (Å²) in [5, 5.41) is 14.6. The molecule has 0 heterocycles. The lowest BCUT2D eigenvalue weighted by Crippen LogP contribution is -2.40. The molecule has 29 heavy (non-hydrogen) atoms. The SMILES string of the molecule is C=CCON[C@@H](CCCCNC(=O)OC(C)(C)C)C(=O)Nc1ccc(CO)cc1. The highest BCUT2D eigenvalue weighted by Crippen LogP contribution is 2.12. The van der Waals surface area contributed by atoms with Crippen molar-refractivity contribution in [2.45, 2.75) is 58.3 Å². The van der Waals surface area contributed by atoms with Crippen molar-refractivity contribution >= 4 is 17.7 Å². The number of carbonyl (C=O) groups excluding carboxylic acids is 2. The second-order valence-corrected chi connectivity index (χ2v) is 7.54. The molecule has 162 valence electrons. The smallest absolute Gasteiger partial charge is 0.407 e. The third-order valence-corrected chi connectivity index (χ3v) is 3.74. The summed E-state index contributed by atoms with van der Waals surface area (Å²) in [6, 6.07) is 6.39. The van der Waals surface area contributed by atoms with E-state index in [4.69, 9.17) is 14.7 Å². The Morgan fingerprint density at radius 1 is 1.21 bits per heavy atom. The maximum atomic E-state index is 12.6. The quantitative estimate of drug-likeness (QED) is 0.241. The van der Waals surface area contributed by atoms with Gasteiger partial charge in [0.15, 0.2) is 0 Å². The molecule has 1 atom stereocenters. The Labute approximate surface area is 172 Å². The zero-order valence-electron chi connectivity index (χ0n) is 17.5. The normalized spacial score (nSPS) is 12.1. The minimum absolute atomic E-state index is 0.0505. The molecule has 1 aromatic carbocycles. The van der Waals surface area contributed by atoms with Gasteiger partial charge in [0.2, 0.25) is 5.91 Å². The van der Waals surface area contributed by atoms with Gasteiger partial charge in [-0.2, -0.15) is 5.48 Å². The van der Waals surface area contributed by atoms with Crippen LogP contribution in [0.1, 0.15) is 45.6 Å². The lowest BCUT2D eigenvalue weighted by Gasteiger charge is -2.20. The van der Waals surface area contributed by atoms with Crippen molar-refractivity contribution in [1.29, 1.82) is 0 Å². The maximum Gasteiger partial charge on any atom is 0.407 e. The van der Waals surface area contributed by atoms with Gasteiger partial charge in [-0.15, -0.1) is 6.58 Å². The summed E-state index contributed by atoms with van der Waals surface area (Å²) < 4.78 is 5.18. The average molecular weight is 408 g/mol. The Morgan fingerprint density at radius 2 is 1.90 bits per heavy atom. The van der Waals surface area contributed by atoms with E-state index in [-0.39, 0.29) is 19.1 Å². The number of ether oxygens (including phenoxy) is 1. The van der Waals surface area contributed by atoms with E-state index in [0.717, 1.165) is 5.56 Å². The number of amides is 2. The number of benzene rings is 1. The van der Waals surface area contributed by atoms with E-state index in [1.54, 1.807) is 30.3 Å². The van der Waals surface area contributed by atoms with E-state index in [1.165, 1.54) is 0 Å². The summed E-state index contributed by atoms with van der Waals surface area (Å²) in [5.74, 6) is -0.231. The Morgan fingerprint density at radius 3 is 2.48 bits per heavy atom. The van der Waals surface area contributed by atoms with Crippen LogP contribution in [0.25, 0.3) is 0 Å². The van der Waals surface area contributed by atoms with Gasteiger partial charge >= 0.3 is 6.09 Å². The molecule has 0 bridgehead atoms. The fraction of sp³-hybridized carbons (Fsp3) is 0.524. The van der Waals surface area contributed by atoms with Crippen molar-refractivity contribution in [3.05, 3.63) is 42.5 Å². The molecular weight excluding hydrogens is 374 g/mol. The number of rotatable bonds is 12.